The molecule has 1 aromatic heterocycles. The number of anilines is 1. The molecule has 0 amide bonds. The second kappa shape index (κ2) is 7.59. The van der Waals surface area contributed by atoms with Crippen LogP contribution in [0.3, 0.4) is 0 Å². The van der Waals surface area contributed by atoms with E-state index in [1.165, 1.54) is 0 Å². The number of piperidine rings is 1. The van der Waals surface area contributed by atoms with Gasteiger partial charge in [0.2, 0.25) is 0 Å². The second-order valence-corrected chi connectivity index (χ2v) is 5.50. The van der Waals surface area contributed by atoms with Crippen molar-refractivity contribution in [3.05, 3.63) is 22.8 Å². The molecule has 1 unspecified atom stereocenters. The molecule has 7 heteroatoms. The summed E-state index contributed by atoms with van der Waals surface area (Å²) in [5, 5.41) is 0.604. The van der Waals surface area contributed by atoms with Gasteiger partial charge in [-0.15, -0.1) is 0 Å². The monoisotopic (exact) mass is 312 g/mol. The van der Waals surface area contributed by atoms with Crippen molar-refractivity contribution in [1.29, 1.82) is 0 Å². The van der Waals surface area contributed by atoms with E-state index in [1.54, 1.807) is 12.1 Å². The Labute approximate surface area is 129 Å². The summed E-state index contributed by atoms with van der Waals surface area (Å²) in [5.74, 6) is 5.77. The molecule has 1 fully saturated rings. The maximum absolute atomic E-state index is 11.8. The van der Waals surface area contributed by atoms with Gasteiger partial charge in [-0.2, -0.15) is 0 Å². The van der Waals surface area contributed by atoms with Gasteiger partial charge in [0.15, 0.2) is 0 Å². The van der Waals surface area contributed by atoms with Crippen molar-refractivity contribution in [2.75, 3.05) is 25.1 Å². The molecule has 0 bridgehead atoms. The Kier molecular flexibility index (Phi) is 5.78. The lowest BCUT2D eigenvalue weighted by atomic mass is 9.98. The quantitative estimate of drug-likeness (QED) is 0.490. The number of nitrogen functional groups attached to an aromatic ring is 1. The van der Waals surface area contributed by atoms with Crippen LogP contribution in [-0.2, 0) is 16.1 Å². The third kappa shape index (κ3) is 4.30. The molecule has 6 nitrogen and oxygen atoms in total. The fraction of sp³-hybridized carbons (Fsp3) is 0.571. The van der Waals surface area contributed by atoms with Crippen LogP contribution < -0.4 is 11.3 Å². The van der Waals surface area contributed by atoms with Gasteiger partial charge in [0.05, 0.1) is 23.2 Å². The molecular formula is C14H21ClN4O2. The minimum absolute atomic E-state index is 0.0618. The number of nitrogens with one attached hydrogen (secondary N) is 1. The van der Waals surface area contributed by atoms with Crippen molar-refractivity contribution < 1.29 is 9.53 Å². The second-order valence-electron chi connectivity index (χ2n) is 5.10. The highest BCUT2D eigenvalue weighted by Gasteiger charge is 2.27. The number of aromatic nitrogens is 1. The molecule has 116 valence electrons. The predicted molar refractivity (Wildman–Crippen MR) is 81.7 cm³/mol. The predicted octanol–water partition coefficient (Wildman–Crippen LogP) is 1.80. The zero-order valence-corrected chi connectivity index (χ0v) is 12.9. The molecule has 1 aliphatic heterocycles. The summed E-state index contributed by atoms with van der Waals surface area (Å²) in [5.41, 5.74) is 3.27. The number of nitrogens with two attached hydrogens (primary N) is 1. The Morgan fingerprint density at radius 3 is 3.14 bits per heavy atom. The Morgan fingerprint density at radius 2 is 2.43 bits per heavy atom. The van der Waals surface area contributed by atoms with E-state index in [0.717, 1.165) is 25.1 Å². The number of likely N-dealkylation sites (tertiary alicyclic amines) is 1. The molecule has 1 atom stereocenters. The van der Waals surface area contributed by atoms with Crippen LogP contribution in [0.2, 0.25) is 5.02 Å². The molecule has 0 radical (unpaired) electrons. The van der Waals surface area contributed by atoms with Crippen LogP contribution in [0.1, 0.15) is 25.5 Å². The summed E-state index contributed by atoms with van der Waals surface area (Å²) < 4.78 is 5.11. The fourth-order valence-corrected chi connectivity index (χ4v) is 2.70. The standard InChI is InChI=1S/C14H21ClN4O2/c1-2-21-14(20)10-4-3-7-19(8-10)9-12-11(15)5-6-13(17-12)18-16/h5-6,10H,2-4,7-9,16H2,1H3,(H,17,18). The average molecular weight is 313 g/mol. The number of hydrogen-bond donors (Lipinski definition) is 2. The SMILES string of the molecule is CCOC(=O)C1CCCN(Cc2nc(NN)ccc2Cl)C1. The van der Waals surface area contributed by atoms with Gasteiger partial charge >= 0.3 is 5.97 Å². The molecule has 1 saturated heterocycles. The molecule has 2 rings (SSSR count). The van der Waals surface area contributed by atoms with Crippen molar-refractivity contribution >= 4 is 23.4 Å². The van der Waals surface area contributed by atoms with Gasteiger partial charge in [-0.3, -0.25) is 9.69 Å². The zero-order chi connectivity index (χ0) is 15.2. The van der Waals surface area contributed by atoms with E-state index in [0.29, 0.717) is 30.5 Å². The Morgan fingerprint density at radius 1 is 1.62 bits per heavy atom. The summed E-state index contributed by atoms with van der Waals surface area (Å²) >= 11 is 6.17. The van der Waals surface area contributed by atoms with Gasteiger partial charge in [-0.25, -0.2) is 10.8 Å². The highest BCUT2D eigenvalue weighted by molar-refractivity contribution is 6.31. The number of nitrogens with zero attached hydrogens (tertiary/aromatic N) is 2. The number of hydrazine groups is 1. The van der Waals surface area contributed by atoms with Crippen LogP contribution in [0.15, 0.2) is 12.1 Å². The van der Waals surface area contributed by atoms with Gasteiger partial charge in [0.25, 0.3) is 0 Å². The maximum Gasteiger partial charge on any atom is 0.310 e. The third-order valence-electron chi connectivity index (χ3n) is 3.57. The Hall–Kier alpha value is -1.37. The summed E-state index contributed by atoms with van der Waals surface area (Å²) in [6.07, 6.45) is 1.84. The Balaban J connectivity index is 2.00. The lowest BCUT2D eigenvalue weighted by molar-refractivity contribution is -0.150. The topological polar surface area (TPSA) is 80.5 Å². The van der Waals surface area contributed by atoms with Crippen LogP contribution in [0.5, 0.6) is 0 Å². The number of rotatable bonds is 5. The number of hydrogen-bond acceptors (Lipinski definition) is 6. The average Bonchev–Trinajstić information content (AvgIpc) is 2.50. The minimum Gasteiger partial charge on any atom is -0.466 e. The fourth-order valence-electron chi connectivity index (χ4n) is 2.54. The zero-order valence-electron chi connectivity index (χ0n) is 12.1. The van der Waals surface area contributed by atoms with Gasteiger partial charge in [0, 0.05) is 13.1 Å². The lowest BCUT2D eigenvalue weighted by Gasteiger charge is -2.31. The summed E-state index contributed by atoms with van der Waals surface area (Å²) in [6, 6.07) is 3.50. The lowest BCUT2D eigenvalue weighted by Crippen LogP contribution is -2.39. The highest BCUT2D eigenvalue weighted by atomic mass is 35.5. The Bertz CT molecular complexity index is 498. The van der Waals surface area contributed by atoms with E-state index in [-0.39, 0.29) is 11.9 Å². The van der Waals surface area contributed by atoms with Crippen molar-refractivity contribution in [2.45, 2.75) is 26.3 Å². The highest BCUT2D eigenvalue weighted by Crippen LogP contribution is 2.23. The van der Waals surface area contributed by atoms with E-state index in [2.05, 4.69) is 15.3 Å². The molecule has 0 spiro atoms. The molecular weight excluding hydrogens is 292 g/mol. The van der Waals surface area contributed by atoms with E-state index in [4.69, 9.17) is 22.2 Å². The molecule has 0 aromatic carbocycles. The molecule has 21 heavy (non-hydrogen) atoms. The van der Waals surface area contributed by atoms with Crippen LogP contribution in [0.25, 0.3) is 0 Å². The van der Waals surface area contributed by atoms with E-state index in [9.17, 15) is 4.79 Å². The van der Waals surface area contributed by atoms with Crippen molar-refractivity contribution in [1.82, 2.24) is 9.88 Å². The van der Waals surface area contributed by atoms with Gasteiger partial charge in [-0.05, 0) is 38.4 Å². The number of halogens is 1. The molecule has 2 heterocycles. The number of ether oxygens (including phenoxy) is 1. The molecule has 0 aliphatic carbocycles. The van der Waals surface area contributed by atoms with Crippen molar-refractivity contribution in [3.63, 3.8) is 0 Å². The van der Waals surface area contributed by atoms with Gasteiger partial charge < -0.3 is 10.2 Å². The molecule has 1 aromatic rings. The van der Waals surface area contributed by atoms with Crippen LogP contribution in [0, 0.1) is 5.92 Å². The van der Waals surface area contributed by atoms with Crippen molar-refractivity contribution in [3.8, 4) is 0 Å². The first-order valence-electron chi connectivity index (χ1n) is 7.15. The van der Waals surface area contributed by atoms with E-state index in [1.807, 2.05) is 6.92 Å². The third-order valence-corrected chi connectivity index (χ3v) is 3.91. The summed E-state index contributed by atoms with van der Waals surface area (Å²) in [4.78, 5) is 18.4. The number of pyridine rings is 1. The van der Waals surface area contributed by atoms with Gasteiger partial charge in [-0.1, -0.05) is 11.6 Å². The first-order valence-corrected chi connectivity index (χ1v) is 7.52. The van der Waals surface area contributed by atoms with Gasteiger partial charge in [0.1, 0.15) is 5.82 Å². The summed E-state index contributed by atoms with van der Waals surface area (Å²) in [6.45, 7) is 4.45. The number of carbonyl (C=O) groups excluding carboxylic acids is 1. The normalized spacial score (nSPS) is 19.3. The smallest absolute Gasteiger partial charge is 0.310 e. The van der Waals surface area contributed by atoms with E-state index >= 15 is 0 Å². The minimum atomic E-state index is -0.112. The molecule has 1 aliphatic rings. The first-order chi connectivity index (χ1) is 10.1. The first kappa shape index (κ1) is 16.0. The van der Waals surface area contributed by atoms with E-state index < -0.39 is 0 Å². The maximum atomic E-state index is 11.8. The number of esters is 1. The molecule has 0 saturated carbocycles. The van der Waals surface area contributed by atoms with Crippen LogP contribution >= 0.6 is 11.6 Å². The van der Waals surface area contributed by atoms with Crippen LogP contribution in [-0.4, -0.2) is 35.5 Å². The number of carbonyl (C=O) groups is 1. The summed E-state index contributed by atoms with van der Waals surface area (Å²) in [7, 11) is 0. The largest absolute Gasteiger partial charge is 0.466 e. The van der Waals surface area contributed by atoms with Crippen molar-refractivity contribution in [2.24, 2.45) is 11.8 Å². The molecule has 3 N–H and O–H groups in total. The van der Waals surface area contributed by atoms with Crippen LogP contribution in [0.4, 0.5) is 5.82 Å².